The molecule has 0 unspecified atom stereocenters. The lowest BCUT2D eigenvalue weighted by Gasteiger charge is -2.46. The zero-order valence-corrected chi connectivity index (χ0v) is 29.4. The first-order valence-corrected chi connectivity index (χ1v) is 19.0. The van der Waals surface area contributed by atoms with E-state index in [4.69, 9.17) is 26.3 Å². The summed E-state index contributed by atoms with van der Waals surface area (Å²) in [5, 5.41) is 9.91. The van der Waals surface area contributed by atoms with Crippen LogP contribution in [0.5, 0.6) is 5.75 Å². The first-order chi connectivity index (χ1) is 23.7. The molecule has 2 bridgehead atoms. The molecule has 0 saturated heterocycles. The standard InChI is InChI=1S/C37H41ClN6O4S/c1-24-5-3-7-33(47-2)30-11-8-28(30)20-44-22-37(14-4-6-26-15-29(38)10-12-31(26)37)23-48-34-13-9-27(16-32(34)44)35(45)42-49(46,21-24)43-36-40-18-25(17-39)19-41-36/h3,7,9-10,12-13,15-16,18-19,24,28,30,33H,4-6,8,11,14,20-23H2,1-2H3,(H,40,41,42,43,45,46)/b7-3+/t24-,28-,30+,33-,37-,49-/m0/s1. The number of nitrogens with zero attached hydrogens (tertiary/aromatic N) is 5. The fourth-order valence-corrected chi connectivity index (χ4v) is 10.0. The van der Waals surface area contributed by atoms with Gasteiger partial charge in [0.05, 0.1) is 42.1 Å². The lowest BCUT2D eigenvalue weighted by Crippen LogP contribution is -2.49. The van der Waals surface area contributed by atoms with Gasteiger partial charge in [-0.05, 0) is 97.7 Å². The summed E-state index contributed by atoms with van der Waals surface area (Å²) in [6.45, 7) is 4.01. The van der Waals surface area contributed by atoms with Crippen LogP contribution in [-0.2, 0) is 26.5 Å². The molecule has 2 aliphatic heterocycles. The molecule has 12 heteroatoms. The summed E-state index contributed by atoms with van der Waals surface area (Å²) in [6.07, 6.45) is 12.7. The minimum Gasteiger partial charge on any atom is -0.490 e. The van der Waals surface area contributed by atoms with Crippen molar-refractivity contribution in [2.24, 2.45) is 22.1 Å². The van der Waals surface area contributed by atoms with Crippen molar-refractivity contribution in [3.8, 4) is 11.8 Å². The average Bonchev–Trinajstić information content (AvgIpc) is 3.22. The molecule has 10 nitrogen and oxygen atoms in total. The number of carbonyl (C=O) groups is 1. The number of aryl methyl sites for hydroxylation is 1. The number of rotatable bonds is 3. The minimum atomic E-state index is -3.37. The van der Waals surface area contributed by atoms with E-state index < -0.39 is 15.8 Å². The van der Waals surface area contributed by atoms with E-state index in [0.717, 1.165) is 55.9 Å². The number of nitriles is 1. The topological polar surface area (TPSA) is 130 Å². The Kier molecular flexibility index (Phi) is 9.39. The second kappa shape index (κ2) is 13.7. The third-order valence-corrected chi connectivity index (χ3v) is 12.8. The van der Waals surface area contributed by atoms with E-state index in [0.29, 0.717) is 36.2 Å². The fourth-order valence-electron chi connectivity index (χ4n) is 7.95. The van der Waals surface area contributed by atoms with Crippen LogP contribution in [-0.4, -0.2) is 58.7 Å². The Morgan fingerprint density at radius 1 is 1.18 bits per heavy atom. The van der Waals surface area contributed by atoms with Gasteiger partial charge in [0, 0.05) is 36.2 Å². The van der Waals surface area contributed by atoms with Crippen molar-refractivity contribution in [1.29, 1.82) is 5.26 Å². The molecule has 1 aromatic heterocycles. The Labute approximate surface area is 293 Å². The molecule has 1 spiro atoms. The van der Waals surface area contributed by atoms with Gasteiger partial charge < -0.3 is 14.4 Å². The van der Waals surface area contributed by atoms with E-state index in [-0.39, 0.29) is 34.7 Å². The maximum Gasteiger partial charge on any atom is 0.286 e. The number of anilines is 2. The highest BCUT2D eigenvalue weighted by molar-refractivity contribution is 7.95. The van der Waals surface area contributed by atoms with E-state index in [9.17, 15) is 9.00 Å². The molecule has 2 aliphatic carbocycles. The normalized spacial score (nSPS) is 30.3. The van der Waals surface area contributed by atoms with Gasteiger partial charge in [0.1, 0.15) is 21.7 Å². The lowest BCUT2D eigenvalue weighted by molar-refractivity contribution is 0.0131. The molecule has 4 aliphatic rings. The SMILES string of the molecule is CO[C@H]1/C=C/C[C@H](C)C[S@@](=O)(Nc2ncc(C#N)cn2)=NC(=O)c2ccc3c(c2)N(C[C@@H]2CC[C@H]21)C[C@@]1(CCCc2cc(Cl)ccc21)CO3. The number of aromatic nitrogens is 2. The lowest BCUT2D eigenvalue weighted by atomic mass is 9.68. The van der Waals surface area contributed by atoms with Gasteiger partial charge in [-0.25, -0.2) is 14.2 Å². The largest absolute Gasteiger partial charge is 0.490 e. The fraction of sp³-hybridized carbons (Fsp3) is 0.459. The summed E-state index contributed by atoms with van der Waals surface area (Å²) in [6, 6.07) is 13.6. The Balaban J connectivity index is 1.31. The van der Waals surface area contributed by atoms with E-state index in [1.165, 1.54) is 23.5 Å². The maximum atomic E-state index is 14.4. The second-order valence-corrected chi connectivity index (χ2v) is 16.4. The molecular formula is C37H41ClN6O4S. The van der Waals surface area contributed by atoms with Crippen molar-refractivity contribution in [3.05, 3.63) is 88.2 Å². The maximum absolute atomic E-state index is 14.4. The van der Waals surface area contributed by atoms with E-state index in [2.05, 4.69) is 48.2 Å². The van der Waals surface area contributed by atoms with Crippen molar-refractivity contribution in [2.75, 3.05) is 42.2 Å². The zero-order chi connectivity index (χ0) is 34.2. The van der Waals surface area contributed by atoms with Gasteiger partial charge in [-0.2, -0.15) is 5.26 Å². The molecular weight excluding hydrogens is 660 g/mol. The van der Waals surface area contributed by atoms with Crippen LogP contribution in [0.4, 0.5) is 11.6 Å². The van der Waals surface area contributed by atoms with Gasteiger partial charge in [-0.1, -0.05) is 36.7 Å². The molecule has 49 heavy (non-hydrogen) atoms. The zero-order valence-electron chi connectivity index (χ0n) is 27.8. The molecule has 256 valence electrons. The van der Waals surface area contributed by atoms with Crippen LogP contribution in [0.15, 0.2) is 65.3 Å². The number of methoxy groups -OCH3 is 1. The minimum absolute atomic E-state index is 0.0361. The number of allylic oxidation sites excluding steroid dienone is 1. The number of fused-ring (bicyclic) bond motifs is 4. The van der Waals surface area contributed by atoms with Crippen LogP contribution in [0.1, 0.15) is 66.1 Å². The summed E-state index contributed by atoms with van der Waals surface area (Å²) in [5.41, 5.74) is 3.74. The van der Waals surface area contributed by atoms with Crippen molar-refractivity contribution in [1.82, 2.24) is 9.97 Å². The van der Waals surface area contributed by atoms with Crippen LogP contribution in [0.25, 0.3) is 0 Å². The Morgan fingerprint density at radius 3 is 2.78 bits per heavy atom. The number of halogens is 1. The highest BCUT2D eigenvalue weighted by atomic mass is 35.5. The Morgan fingerprint density at radius 2 is 2.02 bits per heavy atom. The van der Waals surface area contributed by atoms with Gasteiger partial charge in [0.2, 0.25) is 5.95 Å². The second-order valence-electron chi connectivity index (χ2n) is 14.0. The number of ether oxygens (including phenoxy) is 2. The molecule has 1 fully saturated rings. The van der Waals surface area contributed by atoms with E-state index >= 15 is 0 Å². The van der Waals surface area contributed by atoms with Crippen LogP contribution in [0.3, 0.4) is 0 Å². The Bertz CT molecular complexity index is 1940. The van der Waals surface area contributed by atoms with Gasteiger partial charge in [-0.15, -0.1) is 4.36 Å². The molecule has 6 atom stereocenters. The van der Waals surface area contributed by atoms with E-state index in [1.54, 1.807) is 13.2 Å². The quantitative estimate of drug-likeness (QED) is 0.297. The number of hydrogen-bond acceptors (Lipinski definition) is 8. The molecule has 2 aromatic carbocycles. The first kappa shape index (κ1) is 33.5. The molecule has 1 N–H and O–H groups in total. The van der Waals surface area contributed by atoms with Crippen molar-refractivity contribution in [3.63, 3.8) is 0 Å². The number of carbonyl (C=O) groups excluding carboxylic acids is 1. The number of amides is 1. The molecule has 7 rings (SSSR count). The smallest absolute Gasteiger partial charge is 0.286 e. The van der Waals surface area contributed by atoms with Gasteiger partial charge in [-0.3, -0.25) is 9.52 Å². The molecule has 3 aromatic rings. The monoisotopic (exact) mass is 700 g/mol. The molecule has 3 heterocycles. The molecule has 1 amide bonds. The van der Waals surface area contributed by atoms with Crippen LogP contribution in [0, 0.1) is 29.1 Å². The summed E-state index contributed by atoms with van der Waals surface area (Å²) < 4.78 is 34.3. The van der Waals surface area contributed by atoms with Crippen molar-refractivity contribution < 1.29 is 18.5 Å². The van der Waals surface area contributed by atoms with E-state index in [1.807, 2.05) is 31.2 Å². The summed E-state index contributed by atoms with van der Waals surface area (Å²) in [5.74, 6) is 0.903. The first-order valence-electron chi connectivity index (χ1n) is 17.0. The third-order valence-electron chi connectivity index (χ3n) is 10.5. The van der Waals surface area contributed by atoms with Crippen LogP contribution >= 0.6 is 11.6 Å². The number of hydrogen-bond donors (Lipinski definition) is 1. The Hall–Kier alpha value is -3.98. The summed E-state index contributed by atoms with van der Waals surface area (Å²) in [7, 11) is -1.60. The van der Waals surface area contributed by atoms with Crippen LogP contribution < -0.4 is 14.4 Å². The third kappa shape index (κ3) is 6.91. The summed E-state index contributed by atoms with van der Waals surface area (Å²) in [4.78, 5) is 24.6. The highest BCUT2D eigenvalue weighted by Gasteiger charge is 2.44. The van der Waals surface area contributed by atoms with Crippen molar-refractivity contribution >= 4 is 39.1 Å². The average molecular weight is 701 g/mol. The van der Waals surface area contributed by atoms with Crippen LogP contribution in [0.2, 0.25) is 5.02 Å². The van der Waals surface area contributed by atoms with Crippen molar-refractivity contribution in [2.45, 2.75) is 57.0 Å². The summed E-state index contributed by atoms with van der Waals surface area (Å²) >= 11 is 6.45. The number of benzene rings is 2. The number of nitrogens with one attached hydrogen (secondary N) is 1. The predicted molar refractivity (Wildman–Crippen MR) is 190 cm³/mol. The highest BCUT2D eigenvalue weighted by Crippen LogP contribution is 2.47. The van der Waals surface area contributed by atoms with Gasteiger partial charge >= 0.3 is 0 Å². The molecule has 1 saturated carbocycles. The van der Waals surface area contributed by atoms with Gasteiger partial charge in [0.15, 0.2) is 0 Å². The molecule has 0 radical (unpaired) electrons. The van der Waals surface area contributed by atoms with Gasteiger partial charge in [0.25, 0.3) is 5.91 Å². The predicted octanol–water partition coefficient (Wildman–Crippen LogP) is 6.75.